The maximum atomic E-state index is 11.6. The summed E-state index contributed by atoms with van der Waals surface area (Å²) in [6.45, 7) is 6.72. The van der Waals surface area contributed by atoms with Gasteiger partial charge >= 0.3 is 7.60 Å². The third-order valence-electron chi connectivity index (χ3n) is 1.08. The Morgan fingerprint density at radius 2 is 1.77 bits per heavy atom. The van der Waals surface area contributed by atoms with E-state index in [0.29, 0.717) is 6.29 Å². The van der Waals surface area contributed by atoms with Gasteiger partial charge in [0.15, 0.2) is 0 Å². The lowest BCUT2D eigenvalue weighted by molar-refractivity contribution is -0.109. The van der Waals surface area contributed by atoms with Crippen molar-refractivity contribution in [2.24, 2.45) is 0 Å². The van der Waals surface area contributed by atoms with E-state index in [4.69, 9.17) is 9.05 Å². The van der Waals surface area contributed by atoms with Gasteiger partial charge in [0.2, 0.25) is 0 Å². The van der Waals surface area contributed by atoms with Gasteiger partial charge in [0.1, 0.15) is 12.9 Å². The molecule has 4 nitrogen and oxygen atoms in total. The van der Waals surface area contributed by atoms with Crippen LogP contribution in [0, 0.1) is 0 Å². The zero-order chi connectivity index (χ0) is 10.2. The Kier molecular flexibility index (Phi) is 6.41. The number of carbonyl (C=O) groups excluding carboxylic acids is 1. The second-order valence-electron chi connectivity index (χ2n) is 2.13. The Balaban J connectivity index is 4.14. The molecule has 0 amide bonds. The molecule has 1 unspecified atom stereocenters. The fourth-order valence-corrected chi connectivity index (χ4v) is 1.83. The summed E-state index contributed by atoms with van der Waals surface area (Å²) in [5.41, 5.74) is 0. The van der Waals surface area contributed by atoms with Crippen molar-refractivity contribution >= 4 is 13.9 Å². The summed E-state index contributed by atoms with van der Waals surface area (Å²) in [7, 11) is -3.17. The third kappa shape index (κ3) is 5.53. The van der Waals surface area contributed by atoms with E-state index < -0.39 is 7.60 Å². The first-order valence-electron chi connectivity index (χ1n) is 3.72. The van der Waals surface area contributed by atoms with Gasteiger partial charge in [0.25, 0.3) is 0 Å². The highest BCUT2D eigenvalue weighted by molar-refractivity contribution is 7.54. The summed E-state index contributed by atoms with van der Waals surface area (Å²) in [5, 5.41) is 0. The van der Waals surface area contributed by atoms with E-state index in [2.05, 4.69) is 13.2 Å². The van der Waals surface area contributed by atoms with Gasteiger partial charge in [-0.2, -0.15) is 0 Å². The van der Waals surface area contributed by atoms with Gasteiger partial charge in [0.05, 0.1) is 12.8 Å². The fourth-order valence-electron chi connectivity index (χ4n) is 0.611. The van der Waals surface area contributed by atoms with E-state index in [9.17, 15) is 9.36 Å². The molecule has 0 aromatic heterocycles. The topological polar surface area (TPSA) is 52.6 Å². The molecule has 0 aliphatic heterocycles. The number of allylic oxidation sites excluding steroid dienone is 1. The van der Waals surface area contributed by atoms with Crippen LogP contribution < -0.4 is 0 Å². The minimum Gasteiger partial charge on any atom is -0.304 e. The van der Waals surface area contributed by atoms with Crippen LogP contribution in [0.25, 0.3) is 0 Å². The average Bonchev–Trinajstić information content (AvgIpc) is 2.12. The number of rotatable bonds is 8. The normalized spacial score (nSPS) is 14.5. The molecule has 0 radical (unpaired) electrons. The largest absolute Gasteiger partial charge is 0.335 e. The van der Waals surface area contributed by atoms with Crippen LogP contribution in [-0.4, -0.2) is 25.7 Å². The molecule has 74 valence electrons. The first-order chi connectivity index (χ1) is 6.18. The number of aldehydes is 1. The molecule has 13 heavy (non-hydrogen) atoms. The van der Waals surface area contributed by atoms with Crippen molar-refractivity contribution in [3.8, 4) is 0 Å². The van der Waals surface area contributed by atoms with Crippen molar-refractivity contribution in [3.05, 3.63) is 25.3 Å². The molecule has 0 aromatic carbocycles. The van der Waals surface area contributed by atoms with E-state index >= 15 is 0 Å². The number of carbonyl (C=O) groups is 1. The van der Waals surface area contributed by atoms with Crippen LogP contribution in [0.1, 0.15) is 0 Å². The van der Waals surface area contributed by atoms with Gasteiger partial charge in [-0.3, -0.25) is 4.57 Å². The van der Waals surface area contributed by atoms with E-state index in [1.807, 2.05) is 0 Å². The Hall–Kier alpha value is -0.700. The summed E-state index contributed by atoms with van der Waals surface area (Å²) in [5.74, 6) is 0. The highest BCUT2D eigenvalue weighted by atomic mass is 31.2. The van der Waals surface area contributed by atoms with Crippen molar-refractivity contribution in [3.63, 3.8) is 0 Å². The van der Waals surface area contributed by atoms with Crippen LogP contribution in [0.2, 0.25) is 0 Å². The molecule has 0 aliphatic carbocycles. The predicted molar refractivity (Wildman–Crippen MR) is 50.8 cm³/mol. The van der Waals surface area contributed by atoms with Crippen LogP contribution in [0.4, 0.5) is 0 Å². The molecule has 0 N–H and O–H groups in total. The van der Waals surface area contributed by atoms with Crippen molar-refractivity contribution in [2.45, 2.75) is 0 Å². The van der Waals surface area contributed by atoms with Gasteiger partial charge in [-0.15, -0.1) is 13.2 Å². The molecule has 1 atom stereocenters. The predicted octanol–water partition coefficient (Wildman–Crippen LogP) is 1.78. The molecule has 0 aromatic rings. The monoisotopic (exact) mass is 204 g/mol. The van der Waals surface area contributed by atoms with Gasteiger partial charge in [-0.25, -0.2) is 0 Å². The van der Waals surface area contributed by atoms with Crippen LogP contribution in [-0.2, 0) is 18.4 Å². The van der Waals surface area contributed by atoms with Crippen LogP contribution in [0.5, 0.6) is 0 Å². The maximum absolute atomic E-state index is 11.6. The second-order valence-corrected chi connectivity index (χ2v) is 4.23. The fraction of sp³-hybridized carbons (Fsp3) is 0.375. The molecular weight excluding hydrogens is 191 g/mol. The molecule has 0 bridgehead atoms. The first kappa shape index (κ1) is 12.3. The van der Waals surface area contributed by atoms with Crippen LogP contribution in [0.15, 0.2) is 25.3 Å². The number of hydrogen-bond acceptors (Lipinski definition) is 4. The second kappa shape index (κ2) is 6.78. The van der Waals surface area contributed by atoms with Crippen molar-refractivity contribution in [2.75, 3.05) is 19.4 Å². The maximum Gasteiger partial charge on any atom is 0.335 e. The lowest BCUT2D eigenvalue weighted by Gasteiger charge is -2.14. The standard InChI is InChI=1S/C8H13O4P/c1-3-6-11-13(10,8-4-2)12-7-5-9/h3-5H,1-2,6-8H2. The molecule has 0 fully saturated rings. The molecule has 0 heterocycles. The lowest BCUT2D eigenvalue weighted by Crippen LogP contribution is -2.00. The molecule has 0 saturated carbocycles. The van der Waals surface area contributed by atoms with Gasteiger partial charge < -0.3 is 13.8 Å². The first-order valence-corrected chi connectivity index (χ1v) is 5.45. The summed E-state index contributed by atoms with van der Waals surface area (Å²) < 4.78 is 21.3. The van der Waals surface area contributed by atoms with E-state index in [1.165, 1.54) is 12.2 Å². The zero-order valence-electron chi connectivity index (χ0n) is 7.35. The summed E-state index contributed by atoms with van der Waals surface area (Å²) in [6.07, 6.45) is 3.50. The quantitative estimate of drug-likeness (QED) is 0.343. The molecule has 0 spiro atoms. The Morgan fingerprint density at radius 1 is 1.15 bits per heavy atom. The van der Waals surface area contributed by atoms with Gasteiger partial charge in [-0.05, 0) is 0 Å². The van der Waals surface area contributed by atoms with Crippen molar-refractivity contribution in [1.82, 2.24) is 0 Å². The van der Waals surface area contributed by atoms with Crippen molar-refractivity contribution < 1.29 is 18.4 Å². The third-order valence-corrected chi connectivity index (χ3v) is 2.87. The number of hydrogen-bond donors (Lipinski definition) is 0. The minimum absolute atomic E-state index is 0.0919. The zero-order valence-corrected chi connectivity index (χ0v) is 8.24. The Morgan fingerprint density at radius 3 is 2.23 bits per heavy atom. The molecule has 0 rings (SSSR count). The minimum atomic E-state index is -3.17. The molecule has 0 saturated heterocycles. The lowest BCUT2D eigenvalue weighted by atomic mass is 10.7. The van der Waals surface area contributed by atoms with E-state index in [1.54, 1.807) is 0 Å². The van der Waals surface area contributed by atoms with Crippen molar-refractivity contribution in [1.29, 1.82) is 0 Å². The SMILES string of the molecule is C=CCOP(=O)(CC=C)OCC=O. The summed E-state index contributed by atoms with van der Waals surface area (Å²) >= 11 is 0. The van der Waals surface area contributed by atoms with E-state index in [0.717, 1.165) is 0 Å². The summed E-state index contributed by atoms with van der Waals surface area (Å²) in [4.78, 5) is 9.98. The Bertz CT molecular complexity index is 208. The summed E-state index contributed by atoms with van der Waals surface area (Å²) in [6, 6.07) is 0. The Labute approximate surface area is 77.8 Å². The molecule has 5 heteroatoms. The molecule has 0 aliphatic rings. The highest BCUT2D eigenvalue weighted by Crippen LogP contribution is 2.47. The van der Waals surface area contributed by atoms with Gasteiger partial charge in [0, 0.05) is 0 Å². The average molecular weight is 204 g/mol. The van der Waals surface area contributed by atoms with Crippen LogP contribution in [0.3, 0.4) is 0 Å². The van der Waals surface area contributed by atoms with Crippen LogP contribution >= 0.6 is 7.60 Å². The van der Waals surface area contributed by atoms with E-state index in [-0.39, 0.29) is 19.4 Å². The highest BCUT2D eigenvalue weighted by Gasteiger charge is 2.21. The smallest absolute Gasteiger partial charge is 0.304 e. The molecular formula is C8H13O4P. The van der Waals surface area contributed by atoms with Gasteiger partial charge in [-0.1, -0.05) is 12.2 Å².